The number of primary sulfonamides is 1. The molecule has 1 amide bonds. The molecular formula is C12H22N4O4S. The van der Waals surface area contributed by atoms with Crippen molar-refractivity contribution >= 4 is 15.9 Å². The Balaban J connectivity index is 3.06. The summed E-state index contributed by atoms with van der Waals surface area (Å²) >= 11 is 0. The van der Waals surface area contributed by atoms with E-state index in [1.165, 1.54) is 0 Å². The molecular weight excluding hydrogens is 296 g/mol. The molecule has 0 saturated heterocycles. The molecule has 0 aliphatic heterocycles. The molecule has 120 valence electrons. The van der Waals surface area contributed by atoms with E-state index >= 15 is 0 Å². The first kappa shape index (κ1) is 17.6. The topological polar surface area (TPSA) is 127 Å². The SMILES string of the molecule is COCCC(C)NC(=O)c1n[nH]c(C(C)C)c1S(N)(=O)=O. The highest BCUT2D eigenvalue weighted by Crippen LogP contribution is 2.23. The van der Waals surface area contributed by atoms with Crippen molar-refractivity contribution in [1.29, 1.82) is 0 Å². The second-order valence-electron chi connectivity index (χ2n) is 5.17. The van der Waals surface area contributed by atoms with Gasteiger partial charge in [0.2, 0.25) is 10.0 Å². The highest BCUT2D eigenvalue weighted by Gasteiger charge is 2.29. The van der Waals surface area contributed by atoms with E-state index in [4.69, 9.17) is 9.88 Å². The minimum absolute atomic E-state index is 0.154. The first-order chi connectivity index (χ1) is 9.68. The van der Waals surface area contributed by atoms with Crippen LogP contribution in [-0.2, 0) is 14.8 Å². The molecule has 0 bridgehead atoms. The summed E-state index contributed by atoms with van der Waals surface area (Å²) in [5.74, 6) is -0.732. The normalized spacial score (nSPS) is 13.4. The van der Waals surface area contributed by atoms with Gasteiger partial charge >= 0.3 is 0 Å². The monoisotopic (exact) mass is 318 g/mol. The number of H-pyrrole nitrogens is 1. The van der Waals surface area contributed by atoms with E-state index in [2.05, 4.69) is 15.5 Å². The third kappa shape index (κ3) is 4.51. The van der Waals surface area contributed by atoms with Crippen molar-refractivity contribution in [1.82, 2.24) is 15.5 Å². The number of rotatable bonds is 7. The van der Waals surface area contributed by atoms with E-state index in [0.717, 1.165) is 0 Å². The van der Waals surface area contributed by atoms with E-state index in [9.17, 15) is 13.2 Å². The Morgan fingerprint density at radius 3 is 2.52 bits per heavy atom. The number of carbonyl (C=O) groups excluding carboxylic acids is 1. The third-order valence-electron chi connectivity index (χ3n) is 2.96. The molecule has 0 aliphatic carbocycles. The number of nitrogens with one attached hydrogen (secondary N) is 2. The van der Waals surface area contributed by atoms with Gasteiger partial charge in [-0.05, 0) is 19.3 Å². The van der Waals surface area contributed by atoms with Crippen LogP contribution in [0.15, 0.2) is 4.90 Å². The zero-order valence-electron chi connectivity index (χ0n) is 12.6. The Labute approximate surface area is 124 Å². The predicted octanol–water partition coefficient (Wildman–Crippen LogP) is 0.335. The van der Waals surface area contributed by atoms with Crippen LogP contribution >= 0.6 is 0 Å². The number of carbonyl (C=O) groups is 1. The number of amides is 1. The van der Waals surface area contributed by atoms with Gasteiger partial charge < -0.3 is 10.1 Å². The molecule has 1 heterocycles. The van der Waals surface area contributed by atoms with Crippen LogP contribution in [0, 0.1) is 0 Å². The van der Waals surface area contributed by atoms with Crippen LogP contribution in [0.1, 0.15) is 49.3 Å². The molecule has 4 N–H and O–H groups in total. The first-order valence-electron chi connectivity index (χ1n) is 6.59. The summed E-state index contributed by atoms with van der Waals surface area (Å²) in [7, 11) is -2.48. The fourth-order valence-corrected chi connectivity index (χ4v) is 2.83. The molecule has 0 radical (unpaired) electrons. The molecule has 1 aromatic rings. The second-order valence-corrected chi connectivity index (χ2v) is 6.67. The minimum Gasteiger partial charge on any atom is -0.385 e. The average Bonchev–Trinajstić information content (AvgIpc) is 2.81. The van der Waals surface area contributed by atoms with Crippen molar-refractivity contribution in [3.8, 4) is 0 Å². The maximum atomic E-state index is 12.2. The Kier molecular flexibility index (Phi) is 5.87. The van der Waals surface area contributed by atoms with Gasteiger partial charge in [-0.3, -0.25) is 9.89 Å². The molecule has 0 fully saturated rings. The Morgan fingerprint density at radius 1 is 1.43 bits per heavy atom. The van der Waals surface area contributed by atoms with E-state index in [-0.39, 0.29) is 22.5 Å². The van der Waals surface area contributed by atoms with Crippen LogP contribution in [0.2, 0.25) is 0 Å². The molecule has 1 atom stereocenters. The number of aromatic nitrogens is 2. The largest absolute Gasteiger partial charge is 0.385 e. The van der Waals surface area contributed by atoms with Crippen molar-refractivity contribution < 1.29 is 17.9 Å². The van der Waals surface area contributed by atoms with Gasteiger partial charge in [0.05, 0.1) is 5.69 Å². The third-order valence-corrected chi connectivity index (χ3v) is 3.94. The fourth-order valence-electron chi connectivity index (χ4n) is 1.84. The molecule has 1 aromatic heterocycles. The number of hydrogen-bond donors (Lipinski definition) is 3. The lowest BCUT2D eigenvalue weighted by Gasteiger charge is -2.13. The first-order valence-corrected chi connectivity index (χ1v) is 8.14. The maximum Gasteiger partial charge on any atom is 0.273 e. The Bertz CT molecular complexity index is 594. The van der Waals surface area contributed by atoms with Crippen molar-refractivity contribution in [2.45, 2.75) is 44.0 Å². The summed E-state index contributed by atoms with van der Waals surface area (Å²) in [5, 5.41) is 14.3. The lowest BCUT2D eigenvalue weighted by Crippen LogP contribution is -2.34. The van der Waals surface area contributed by atoms with E-state index in [0.29, 0.717) is 18.7 Å². The van der Waals surface area contributed by atoms with Crippen LogP contribution in [0.25, 0.3) is 0 Å². The van der Waals surface area contributed by atoms with Crippen molar-refractivity contribution in [3.05, 3.63) is 11.4 Å². The number of aromatic amines is 1. The summed E-state index contributed by atoms with van der Waals surface area (Å²) in [6, 6.07) is -0.176. The van der Waals surface area contributed by atoms with Gasteiger partial charge in [0, 0.05) is 19.8 Å². The zero-order chi connectivity index (χ0) is 16.2. The summed E-state index contributed by atoms with van der Waals surface area (Å²) < 4.78 is 28.4. The van der Waals surface area contributed by atoms with Crippen LogP contribution in [-0.4, -0.2) is 44.3 Å². The van der Waals surface area contributed by atoms with Gasteiger partial charge in [-0.1, -0.05) is 13.8 Å². The maximum absolute atomic E-state index is 12.2. The molecule has 0 spiro atoms. The standard InChI is InChI=1S/C12H22N4O4S/c1-7(2)9-11(21(13,18)19)10(16-15-9)12(17)14-8(3)5-6-20-4/h7-8H,5-6H2,1-4H3,(H,14,17)(H,15,16)(H2,13,18,19). The molecule has 0 saturated carbocycles. The van der Waals surface area contributed by atoms with Crippen LogP contribution in [0.5, 0.6) is 0 Å². The highest BCUT2D eigenvalue weighted by molar-refractivity contribution is 7.89. The number of nitrogens with two attached hydrogens (primary N) is 1. The minimum atomic E-state index is -4.04. The van der Waals surface area contributed by atoms with Crippen LogP contribution in [0.4, 0.5) is 0 Å². The summed E-state index contributed by atoms with van der Waals surface area (Å²) in [5.41, 5.74) is 0.123. The Morgan fingerprint density at radius 2 is 2.05 bits per heavy atom. The van der Waals surface area contributed by atoms with Crippen LogP contribution in [0.3, 0.4) is 0 Å². The van der Waals surface area contributed by atoms with Gasteiger partial charge in [-0.2, -0.15) is 5.10 Å². The van der Waals surface area contributed by atoms with Gasteiger partial charge in [0.1, 0.15) is 4.90 Å². The number of methoxy groups -OCH3 is 1. The number of nitrogens with zero attached hydrogens (tertiary/aromatic N) is 1. The average molecular weight is 318 g/mol. The van der Waals surface area contributed by atoms with Crippen LogP contribution < -0.4 is 10.5 Å². The van der Waals surface area contributed by atoms with Crippen molar-refractivity contribution in [2.75, 3.05) is 13.7 Å². The van der Waals surface area contributed by atoms with E-state index in [1.54, 1.807) is 27.9 Å². The molecule has 8 nitrogen and oxygen atoms in total. The molecule has 1 rings (SSSR count). The Hall–Kier alpha value is -1.45. The number of sulfonamides is 1. The van der Waals surface area contributed by atoms with Gasteiger partial charge in [0.25, 0.3) is 5.91 Å². The van der Waals surface area contributed by atoms with Gasteiger partial charge in [-0.25, -0.2) is 13.6 Å². The van der Waals surface area contributed by atoms with Gasteiger partial charge in [0.15, 0.2) is 5.69 Å². The summed E-state index contributed by atoms with van der Waals surface area (Å²) in [4.78, 5) is 11.9. The van der Waals surface area contributed by atoms with Crippen molar-refractivity contribution in [3.63, 3.8) is 0 Å². The van der Waals surface area contributed by atoms with E-state index in [1.807, 2.05) is 0 Å². The number of ether oxygens (including phenoxy) is 1. The lowest BCUT2D eigenvalue weighted by atomic mass is 10.1. The molecule has 0 aromatic carbocycles. The fraction of sp³-hybridized carbons (Fsp3) is 0.667. The highest BCUT2D eigenvalue weighted by atomic mass is 32.2. The summed E-state index contributed by atoms with van der Waals surface area (Å²) in [6.07, 6.45) is 0.606. The smallest absolute Gasteiger partial charge is 0.273 e. The second kappa shape index (κ2) is 7.01. The lowest BCUT2D eigenvalue weighted by molar-refractivity contribution is 0.0921. The predicted molar refractivity (Wildman–Crippen MR) is 77.5 cm³/mol. The molecule has 1 unspecified atom stereocenters. The zero-order valence-corrected chi connectivity index (χ0v) is 13.5. The molecule has 21 heavy (non-hydrogen) atoms. The number of hydrogen-bond acceptors (Lipinski definition) is 5. The molecule has 0 aliphatic rings. The summed E-state index contributed by atoms with van der Waals surface area (Å²) in [6.45, 7) is 5.85. The molecule has 9 heteroatoms. The van der Waals surface area contributed by atoms with Crippen molar-refractivity contribution in [2.24, 2.45) is 5.14 Å². The van der Waals surface area contributed by atoms with E-state index < -0.39 is 15.9 Å². The van der Waals surface area contributed by atoms with Gasteiger partial charge in [-0.15, -0.1) is 0 Å². The quantitative estimate of drug-likeness (QED) is 0.668.